The highest BCUT2D eigenvalue weighted by Crippen LogP contribution is 2.22. The van der Waals surface area contributed by atoms with E-state index < -0.39 is 0 Å². The van der Waals surface area contributed by atoms with Gasteiger partial charge in [0.05, 0.1) is 7.11 Å². The first-order chi connectivity index (χ1) is 8.26. The average Bonchev–Trinajstić information content (AvgIpc) is 2.72. The van der Waals surface area contributed by atoms with Gasteiger partial charge in [-0.15, -0.1) is 6.58 Å². The smallest absolute Gasteiger partial charge is 0.324 e. The number of benzene rings is 1. The van der Waals surface area contributed by atoms with E-state index >= 15 is 0 Å². The molecule has 1 aliphatic heterocycles. The molecule has 1 heterocycles. The van der Waals surface area contributed by atoms with Crippen LogP contribution in [0, 0.1) is 0 Å². The molecule has 1 aromatic carbocycles. The summed E-state index contributed by atoms with van der Waals surface area (Å²) in [6.07, 6.45) is 1.75. The lowest BCUT2D eigenvalue weighted by molar-refractivity contribution is 0.225. The van der Waals surface area contributed by atoms with Crippen LogP contribution in [-0.4, -0.2) is 37.7 Å². The van der Waals surface area contributed by atoms with Crippen LogP contribution in [0.15, 0.2) is 36.9 Å². The Balaban J connectivity index is 2.12. The standard InChI is InChI=1S/C13H16N2O2/c1-3-8-14-9-10-15(13(14)16)11-4-6-12(17-2)7-5-11/h3-7H,1,8-10H2,2H3. The molecule has 0 aromatic heterocycles. The quantitative estimate of drug-likeness (QED) is 0.745. The SMILES string of the molecule is C=CCN1CCN(c2ccc(OC)cc2)C1=O. The number of amides is 2. The van der Waals surface area contributed by atoms with Crippen LogP contribution in [-0.2, 0) is 0 Å². The molecule has 0 saturated carbocycles. The van der Waals surface area contributed by atoms with E-state index in [1.165, 1.54) is 0 Å². The van der Waals surface area contributed by atoms with Gasteiger partial charge in [-0.05, 0) is 24.3 Å². The van der Waals surface area contributed by atoms with Gasteiger partial charge in [-0.1, -0.05) is 6.08 Å². The van der Waals surface area contributed by atoms with Crippen molar-refractivity contribution in [1.82, 2.24) is 4.90 Å². The second-order valence-corrected chi connectivity index (χ2v) is 3.87. The predicted molar refractivity (Wildman–Crippen MR) is 67.5 cm³/mol. The molecule has 4 nitrogen and oxygen atoms in total. The number of rotatable bonds is 4. The van der Waals surface area contributed by atoms with Gasteiger partial charge in [0, 0.05) is 25.3 Å². The summed E-state index contributed by atoms with van der Waals surface area (Å²) in [5.74, 6) is 0.795. The van der Waals surface area contributed by atoms with Gasteiger partial charge in [0.2, 0.25) is 0 Å². The number of nitrogens with zero attached hydrogens (tertiary/aromatic N) is 2. The molecular weight excluding hydrogens is 216 g/mol. The topological polar surface area (TPSA) is 32.8 Å². The minimum atomic E-state index is 0.0371. The van der Waals surface area contributed by atoms with Gasteiger partial charge in [0.15, 0.2) is 0 Å². The lowest BCUT2D eigenvalue weighted by atomic mass is 10.3. The van der Waals surface area contributed by atoms with Crippen molar-refractivity contribution in [2.75, 3.05) is 31.6 Å². The van der Waals surface area contributed by atoms with Crippen molar-refractivity contribution in [2.24, 2.45) is 0 Å². The minimum absolute atomic E-state index is 0.0371. The van der Waals surface area contributed by atoms with Gasteiger partial charge < -0.3 is 9.64 Å². The van der Waals surface area contributed by atoms with Gasteiger partial charge in [-0.3, -0.25) is 4.90 Å². The van der Waals surface area contributed by atoms with Crippen molar-refractivity contribution < 1.29 is 9.53 Å². The van der Waals surface area contributed by atoms with E-state index in [0.29, 0.717) is 6.54 Å². The second-order valence-electron chi connectivity index (χ2n) is 3.87. The molecule has 0 N–H and O–H groups in total. The molecular formula is C13H16N2O2. The van der Waals surface area contributed by atoms with Crippen LogP contribution >= 0.6 is 0 Å². The molecule has 17 heavy (non-hydrogen) atoms. The lowest BCUT2D eigenvalue weighted by Crippen LogP contribution is -2.31. The van der Waals surface area contributed by atoms with Gasteiger partial charge in [0.25, 0.3) is 0 Å². The molecule has 0 radical (unpaired) electrons. The maximum Gasteiger partial charge on any atom is 0.324 e. The first kappa shape index (κ1) is 11.5. The van der Waals surface area contributed by atoms with Crippen LogP contribution < -0.4 is 9.64 Å². The van der Waals surface area contributed by atoms with E-state index in [2.05, 4.69) is 6.58 Å². The minimum Gasteiger partial charge on any atom is -0.497 e. The van der Waals surface area contributed by atoms with Gasteiger partial charge >= 0.3 is 6.03 Å². The van der Waals surface area contributed by atoms with E-state index in [1.807, 2.05) is 24.3 Å². The number of hydrogen-bond donors (Lipinski definition) is 0. The number of urea groups is 1. The first-order valence-electron chi connectivity index (χ1n) is 5.57. The summed E-state index contributed by atoms with van der Waals surface area (Å²) in [6.45, 7) is 5.72. The van der Waals surface area contributed by atoms with E-state index in [4.69, 9.17) is 4.74 Å². The number of carbonyl (C=O) groups excluding carboxylic acids is 1. The number of ether oxygens (including phenoxy) is 1. The third kappa shape index (κ3) is 2.25. The monoisotopic (exact) mass is 232 g/mol. The molecule has 90 valence electrons. The van der Waals surface area contributed by atoms with Gasteiger partial charge in [0.1, 0.15) is 5.75 Å². The maximum absolute atomic E-state index is 12.0. The normalized spacial score (nSPS) is 15.2. The molecule has 1 aromatic rings. The van der Waals surface area contributed by atoms with Crippen molar-refractivity contribution in [3.63, 3.8) is 0 Å². The number of carbonyl (C=O) groups is 1. The molecule has 0 unspecified atom stereocenters. The highest BCUT2D eigenvalue weighted by atomic mass is 16.5. The highest BCUT2D eigenvalue weighted by Gasteiger charge is 2.28. The summed E-state index contributed by atoms with van der Waals surface area (Å²) in [5, 5.41) is 0. The Morgan fingerprint density at radius 2 is 2.06 bits per heavy atom. The average molecular weight is 232 g/mol. The van der Waals surface area contributed by atoms with Crippen molar-refractivity contribution in [2.45, 2.75) is 0 Å². The zero-order valence-electron chi connectivity index (χ0n) is 9.93. The number of methoxy groups -OCH3 is 1. The zero-order valence-corrected chi connectivity index (χ0v) is 9.93. The maximum atomic E-state index is 12.0. The Labute approximate surface area is 101 Å². The molecule has 0 spiro atoms. The molecule has 2 amide bonds. The zero-order chi connectivity index (χ0) is 12.3. The lowest BCUT2D eigenvalue weighted by Gasteiger charge is -2.17. The summed E-state index contributed by atoms with van der Waals surface area (Å²) in [5.41, 5.74) is 0.905. The van der Waals surface area contributed by atoms with Crippen LogP contribution in [0.4, 0.5) is 10.5 Å². The van der Waals surface area contributed by atoms with Gasteiger partial charge in [-0.25, -0.2) is 4.79 Å². The fraction of sp³-hybridized carbons (Fsp3) is 0.308. The van der Waals surface area contributed by atoms with E-state index in [1.54, 1.807) is 23.0 Å². The predicted octanol–water partition coefficient (Wildman–Crippen LogP) is 2.12. The van der Waals surface area contributed by atoms with E-state index in [-0.39, 0.29) is 6.03 Å². The van der Waals surface area contributed by atoms with E-state index in [0.717, 1.165) is 24.5 Å². The fourth-order valence-electron chi connectivity index (χ4n) is 1.91. The van der Waals surface area contributed by atoms with Crippen molar-refractivity contribution >= 4 is 11.7 Å². The summed E-state index contributed by atoms with van der Waals surface area (Å²) in [7, 11) is 1.63. The second kappa shape index (κ2) is 4.91. The molecule has 1 aliphatic rings. The third-order valence-electron chi connectivity index (χ3n) is 2.83. The summed E-state index contributed by atoms with van der Waals surface area (Å²) >= 11 is 0. The van der Waals surface area contributed by atoms with Gasteiger partial charge in [-0.2, -0.15) is 0 Å². The Hall–Kier alpha value is -1.97. The number of anilines is 1. The van der Waals surface area contributed by atoms with Crippen LogP contribution in [0.25, 0.3) is 0 Å². The summed E-state index contributed by atoms with van der Waals surface area (Å²) in [4.78, 5) is 15.6. The molecule has 1 saturated heterocycles. The van der Waals surface area contributed by atoms with Crippen LogP contribution in [0.5, 0.6) is 5.75 Å². The molecule has 4 heteroatoms. The van der Waals surface area contributed by atoms with Crippen LogP contribution in [0.2, 0.25) is 0 Å². The molecule has 2 rings (SSSR count). The fourth-order valence-corrected chi connectivity index (χ4v) is 1.91. The summed E-state index contributed by atoms with van der Waals surface area (Å²) in [6, 6.07) is 7.55. The third-order valence-corrected chi connectivity index (χ3v) is 2.83. The Morgan fingerprint density at radius 3 is 2.65 bits per heavy atom. The van der Waals surface area contributed by atoms with Crippen LogP contribution in [0.1, 0.15) is 0 Å². The molecule has 0 atom stereocenters. The molecule has 0 aliphatic carbocycles. The number of hydrogen-bond acceptors (Lipinski definition) is 2. The Kier molecular flexibility index (Phi) is 3.32. The van der Waals surface area contributed by atoms with Crippen molar-refractivity contribution in [1.29, 1.82) is 0 Å². The largest absolute Gasteiger partial charge is 0.497 e. The molecule has 1 fully saturated rings. The van der Waals surface area contributed by atoms with Crippen LogP contribution in [0.3, 0.4) is 0 Å². The highest BCUT2D eigenvalue weighted by molar-refractivity contribution is 5.94. The first-order valence-corrected chi connectivity index (χ1v) is 5.57. The summed E-state index contributed by atoms with van der Waals surface area (Å²) < 4.78 is 5.09. The Bertz CT molecular complexity index is 414. The Morgan fingerprint density at radius 1 is 1.35 bits per heavy atom. The van der Waals surface area contributed by atoms with Crippen molar-refractivity contribution in [3.05, 3.63) is 36.9 Å². The molecule has 0 bridgehead atoms. The van der Waals surface area contributed by atoms with Crippen molar-refractivity contribution in [3.8, 4) is 5.75 Å². The van der Waals surface area contributed by atoms with E-state index in [9.17, 15) is 4.79 Å².